The second-order valence-electron chi connectivity index (χ2n) is 0.417. The summed E-state index contributed by atoms with van der Waals surface area (Å²) in [5.41, 5.74) is 0. The topological polar surface area (TPSA) is 51.2 Å². The average Bonchev–Trinajstić information content (AvgIpc) is 1.35. The lowest BCUT2D eigenvalue weighted by molar-refractivity contribution is 0.605. The number of hydrogen-bond acceptors (Lipinski definition) is 3. The Morgan fingerprint density at radius 2 is 2.00 bits per heavy atom. The fourth-order valence-electron chi connectivity index (χ4n) is 0.0304. The number of rotatable bonds is 1. The van der Waals surface area contributed by atoms with Crippen molar-refractivity contribution in [1.82, 2.24) is 0 Å². The summed E-state index contributed by atoms with van der Waals surface area (Å²) >= 11 is 0. The monoisotopic (exact) mass is 139 g/mol. The van der Waals surface area contributed by atoms with Crippen LogP contribution in [-0.2, 0) is 14.3 Å². The van der Waals surface area contributed by atoms with Gasteiger partial charge in [-0.1, -0.05) is 0 Å². The first-order valence-corrected chi connectivity index (χ1v) is 5.40. The molecular formula is O3PSSi. The Bertz CT molecular complexity index is 146. The van der Waals surface area contributed by atoms with E-state index in [0.29, 0.717) is 0 Å². The molecule has 0 aromatic heterocycles. The normalized spacial score (nSPS) is 8.00. The molecule has 0 aliphatic carbocycles. The van der Waals surface area contributed by atoms with E-state index in [-0.39, 0.29) is 8.01 Å². The van der Waals surface area contributed by atoms with Gasteiger partial charge in [0, 0.05) is 0 Å². The van der Waals surface area contributed by atoms with Gasteiger partial charge in [0.2, 0.25) is 0 Å². The standard InChI is InChI=1S/O3PSSi/c1-4-6-5(2)3. The Labute approximate surface area is 39.3 Å². The molecule has 0 aliphatic rings. The third kappa shape index (κ3) is 4.14. The molecule has 0 atom stereocenters. The molecule has 0 bridgehead atoms. The van der Waals surface area contributed by atoms with Gasteiger partial charge in [0.05, 0.1) is 0 Å². The third-order valence-corrected chi connectivity index (χ3v) is 3.02. The molecule has 6 heteroatoms. The third-order valence-electron chi connectivity index (χ3n) is 0.112. The van der Waals surface area contributed by atoms with E-state index in [1.807, 2.05) is 0 Å². The first kappa shape index (κ1) is 6.14. The van der Waals surface area contributed by atoms with Crippen LogP contribution in [-0.4, -0.2) is 16.3 Å². The van der Waals surface area contributed by atoms with Crippen LogP contribution in [0.15, 0.2) is 0 Å². The highest BCUT2D eigenvalue weighted by atomic mass is 32.3. The summed E-state index contributed by atoms with van der Waals surface area (Å²) < 4.78 is 28.1. The molecule has 6 heavy (non-hydrogen) atoms. The average molecular weight is 139 g/mol. The van der Waals surface area contributed by atoms with Crippen LogP contribution >= 0.6 is 8.01 Å². The van der Waals surface area contributed by atoms with Crippen LogP contribution in [0.3, 0.4) is 0 Å². The molecule has 0 aromatic rings. The van der Waals surface area contributed by atoms with Crippen LogP contribution < -0.4 is 0 Å². The lowest BCUT2D eigenvalue weighted by atomic mass is 15.9. The van der Waals surface area contributed by atoms with Crippen molar-refractivity contribution >= 4 is 25.6 Å². The van der Waals surface area contributed by atoms with Crippen molar-refractivity contribution in [3.8, 4) is 0 Å². The molecule has 0 heterocycles. The predicted molar refractivity (Wildman–Crippen MR) is 22.3 cm³/mol. The zero-order chi connectivity index (χ0) is 4.99. The minimum atomic E-state index is -2.11. The second-order valence-corrected chi connectivity index (χ2v) is 4.99. The van der Waals surface area contributed by atoms with Crippen molar-refractivity contribution in [3.05, 3.63) is 0 Å². The van der Waals surface area contributed by atoms with E-state index in [9.17, 15) is 13.0 Å². The molecule has 0 saturated heterocycles. The van der Waals surface area contributed by atoms with E-state index < -0.39 is 17.6 Å². The Balaban J connectivity index is 4.17. The van der Waals surface area contributed by atoms with E-state index in [0.717, 1.165) is 0 Å². The van der Waals surface area contributed by atoms with Crippen molar-refractivity contribution in [2.75, 3.05) is 0 Å². The van der Waals surface area contributed by atoms with E-state index in [1.165, 1.54) is 0 Å². The summed E-state index contributed by atoms with van der Waals surface area (Å²) in [5, 5.41) is 0. The highest BCUT2D eigenvalue weighted by molar-refractivity contribution is 7.94. The van der Waals surface area contributed by atoms with Crippen molar-refractivity contribution in [3.63, 3.8) is 0 Å². The Hall–Kier alpha value is 0.137. The molecule has 33 valence electrons. The van der Waals surface area contributed by atoms with E-state index in [4.69, 9.17) is 0 Å². The fraction of sp³-hybridized carbons (Fsp3) is 0. The molecule has 1 radical (unpaired) electrons. The van der Waals surface area contributed by atoms with Crippen LogP contribution in [0.1, 0.15) is 0 Å². The summed E-state index contributed by atoms with van der Waals surface area (Å²) in [6.45, 7) is 0. The Kier molecular flexibility index (Phi) is 3.41. The maximum Gasteiger partial charge on any atom is 0.317 e. The van der Waals surface area contributed by atoms with Gasteiger partial charge in [0.25, 0.3) is 0 Å². The SMILES string of the molecule is O=P[Si]=S(=O)=O. The van der Waals surface area contributed by atoms with Gasteiger partial charge < -0.3 is 0 Å². The van der Waals surface area contributed by atoms with Crippen LogP contribution in [0, 0.1) is 0 Å². The molecule has 0 fully saturated rings. The molecule has 0 amide bonds. The van der Waals surface area contributed by atoms with E-state index >= 15 is 0 Å². The first-order valence-electron chi connectivity index (χ1n) is 0.944. The smallest absolute Gasteiger partial charge is 0.276 e. The molecule has 0 aliphatic heterocycles. The lowest BCUT2D eigenvalue weighted by Gasteiger charge is -1.36. The van der Waals surface area contributed by atoms with Crippen LogP contribution in [0.4, 0.5) is 0 Å². The zero-order valence-corrected chi connectivity index (χ0v) is 5.29. The Morgan fingerprint density at radius 3 is 2.00 bits per heavy atom. The molecule has 0 spiro atoms. The predicted octanol–water partition coefficient (Wildman–Crippen LogP) is -0.309. The van der Waals surface area contributed by atoms with Crippen molar-refractivity contribution in [1.29, 1.82) is 0 Å². The quantitative estimate of drug-likeness (QED) is 0.370. The second kappa shape index (κ2) is 3.33. The van der Waals surface area contributed by atoms with Gasteiger partial charge in [0.1, 0.15) is 0 Å². The Morgan fingerprint density at radius 1 is 1.50 bits per heavy atom. The van der Waals surface area contributed by atoms with Crippen LogP contribution in [0.2, 0.25) is 0 Å². The summed E-state index contributed by atoms with van der Waals surface area (Å²) in [5.74, 6) is 0. The van der Waals surface area contributed by atoms with Gasteiger partial charge >= 0.3 is 7.89 Å². The van der Waals surface area contributed by atoms with Crippen LogP contribution in [0.25, 0.3) is 0 Å². The molecule has 0 N–H and O–H groups in total. The fourth-order valence-corrected chi connectivity index (χ4v) is 0.822. The van der Waals surface area contributed by atoms with Crippen molar-refractivity contribution in [2.24, 2.45) is 0 Å². The maximum absolute atomic E-state index is 9.40. The minimum Gasteiger partial charge on any atom is -0.276 e. The first-order chi connectivity index (χ1) is 2.77. The summed E-state index contributed by atoms with van der Waals surface area (Å²) in [4.78, 5) is 0. The van der Waals surface area contributed by atoms with Crippen molar-refractivity contribution < 1.29 is 13.0 Å². The van der Waals surface area contributed by atoms with Gasteiger partial charge in [-0.2, -0.15) is 8.42 Å². The zero-order valence-electron chi connectivity index (χ0n) is 2.58. The van der Waals surface area contributed by atoms with Gasteiger partial charge in [0.15, 0.2) is 17.7 Å². The molecule has 0 rings (SSSR count). The summed E-state index contributed by atoms with van der Waals surface area (Å²) in [6, 6.07) is 0. The summed E-state index contributed by atoms with van der Waals surface area (Å²) in [7, 11) is -2.92. The minimum absolute atomic E-state index is 0.311. The van der Waals surface area contributed by atoms with Gasteiger partial charge in [-0.3, -0.25) is 4.57 Å². The molecule has 0 unspecified atom stereocenters. The molecular weight excluding hydrogens is 139 g/mol. The van der Waals surface area contributed by atoms with E-state index in [2.05, 4.69) is 0 Å². The highest BCUT2D eigenvalue weighted by Crippen LogP contribution is 1.72. The maximum atomic E-state index is 9.40. The van der Waals surface area contributed by atoms with Gasteiger partial charge in [-0.15, -0.1) is 0 Å². The van der Waals surface area contributed by atoms with E-state index in [1.54, 1.807) is 0 Å². The molecule has 0 aromatic carbocycles. The largest absolute Gasteiger partial charge is 0.317 e. The van der Waals surface area contributed by atoms with Gasteiger partial charge in [-0.25, -0.2) is 0 Å². The number of hydrogen-bond donors (Lipinski definition) is 0. The highest BCUT2D eigenvalue weighted by Gasteiger charge is 1.66. The van der Waals surface area contributed by atoms with Gasteiger partial charge in [-0.05, 0) is 0 Å². The van der Waals surface area contributed by atoms with Crippen LogP contribution in [0.5, 0.6) is 0 Å². The summed E-state index contributed by atoms with van der Waals surface area (Å²) in [6.07, 6.45) is 0. The molecule has 0 saturated carbocycles. The lowest BCUT2D eigenvalue weighted by Crippen LogP contribution is -1.55. The molecule has 3 nitrogen and oxygen atoms in total. The van der Waals surface area contributed by atoms with Crippen molar-refractivity contribution in [2.45, 2.75) is 0 Å².